The number of hydrogen-bond donors (Lipinski definition) is 1. The Morgan fingerprint density at radius 2 is 1.91 bits per heavy atom. The van der Waals surface area contributed by atoms with Gasteiger partial charge in [0.15, 0.2) is 0 Å². The van der Waals surface area contributed by atoms with Gasteiger partial charge >= 0.3 is 0 Å². The monoisotopic (exact) mass is 489 g/mol. The minimum Gasteiger partial charge on any atom is -0.395 e. The molecule has 0 aliphatic heterocycles. The molecule has 0 saturated heterocycles. The van der Waals surface area contributed by atoms with Gasteiger partial charge in [-0.25, -0.2) is 4.98 Å². The number of aryl methyl sites for hydroxylation is 1. The number of nitrogens with zero attached hydrogens (tertiary/aromatic N) is 4. The predicted molar refractivity (Wildman–Crippen MR) is 138 cm³/mol. The Hall–Kier alpha value is -3.37. The molecule has 2 heterocycles. The number of rotatable bonds is 7. The summed E-state index contributed by atoms with van der Waals surface area (Å²) in [5, 5.41) is 18.1. The fraction of sp³-hybridized carbons (Fsp3) is 0.407. The maximum atomic E-state index is 12.8. The van der Waals surface area contributed by atoms with E-state index in [1.54, 1.807) is 19.2 Å². The third-order valence-corrected chi connectivity index (χ3v) is 7.23. The van der Waals surface area contributed by atoms with E-state index < -0.39 is 0 Å². The van der Waals surface area contributed by atoms with E-state index in [0.717, 1.165) is 37.0 Å². The van der Waals surface area contributed by atoms with Crippen molar-refractivity contribution in [2.24, 2.45) is 24.0 Å². The zero-order chi connectivity index (χ0) is 24.4. The topological polar surface area (TPSA) is 92.3 Å². The molecule has 2 aliphatic rings. The molecule has 0 amide bonds. The van der Waals surface area contributed by atoms with Crippen LogP contribution >= 0.6 is 11.6 Å². The van der Waals surface area contributed by atoms with Crippen LogP contribution in [0.2, 0.25) is 5.15 Å². The maximum Gasteiger partial charge on any atom is 0.270 e. The van der Waals surface area contributed by atoms with E-state index in [0.29, 0.717) is 34.4 Å². The molecule has 0 spiro atoms. The molecule has 0 bridgehead atoms. The van der Waals surface area contributed by atoms with Crippen molar-refractivity contribution in [3.05, 3.63) is 69.1 Å². The first-order chi connectivity index (χ1) is 17.0. The van der Waals surface area contributed by atoms with Crippen LogP contribution in [-0.2, 0) is 11.9 Å². The van der Waals surface area contributed by atoms with Crippen LogP contribution in [0.5, 0.6) is 0 Å². The molecular formula is C27H28ClN5O2. The summed E-state index contributed by atoms with van der Waals surface area (Å²) in [6.45, 7) is 0.690. The van der Waals surface area contributed by atoms with Gasteiger partial charge in [0.1, 0.15) is 28.9 Å². The smallest absolute Gasteiger partial charge is 0.270 e. The average Bonchev–Trinajstić information content (AvgIpc) is 3.71. The van der Waals surface area contributed by atoms with E-state index in [2.05, 4.69) is 33.7 Å². The van der Waals surface area contributed by atoms with Crippen LogP contribution in [0.1, 0.15) is 49.7 Å². The van der Waals surface area contributed by atoms with Gasteiger partial charge in [0.25, 0.3) is 5.56 Å². The molecule has 0 atom stereocenters. The van der Waals surface area contributed by atoms with E-state index in [9.17, 15) is 10.1 Å². The van der Waals surface area contributed by atoms with Crippen LogP contribution in [0.4, 0.5) is 5.69 Å². The van der Waals surface area contributed by atoms with Gasteiger partial charge in [-0.3, -0.25) is 4.79 Å². The van der Waals surface area contributed by atoms with Crippen molar-refractivity contribution >= 4 is 34.0 Å². The number of nitriles is 1. The summed E-state index contributed by atoms with van der Waals surface area (Å²) < 4.78 is 1.45. The Morgan fingerprint density at radius 3 is 2.60 bits per heavy atom. The van der Waals surface area contributed by atoms with Crippen molar-refractivity contribution in [3.8, 4) is 6.07 Å². The number of aromatic nitrogens is 2. The zero-order valence-electron chi connectivity index (χ0n) is 19.7. The molecular weight excluding hydrogens is 462 g/mol. The van der Waals surface area contributed by atoms with Gasteiger partial charge in [-0.05, 0) is 62.1 Å². The molecule has 2 fully saturated rings. The molecule has 2 aromatic heterocycles. The highest BCUT2D eigenvalue weighted by Crippen LogP contribution is 2.33. The van der Waals surface area contributed by atoms with E-state index in [1.165, 1.54) is 17.4 Å². The number of oxime groups is 1. The summed E-state index contributed by atoms with van der Waals surface area (Å²) in [7, 11) is 1.64. The largest absolute Gasteiger partial charge is 0.395 e. The van der Waals surface area contributed by atoms with Crippen molar-refractivity contribution in [3.63, 3.8) is 0 Å². The second kappa shape index (κ2) is 10.1. The molecule has 2 saturated carbocycles. The number of halogens is 1. The molecule has 3 aromatic rings. The Balaban J connectivity index is 1.36. The number of nitrogens with one attached hydrogen (secondary N) is 1. The van der Waals surface area contributed by atoms with E-state index in [4.69, 9.17) is 16.4 Å². The number of anilines is 1. The summed E-state index contributed by atoms with van der Waals surface area (Å²) in [5.41, 5.74) is 3.49. The van der Waals surface area contributed by atoms with Crippen LogP contribution in [0, 0.1) is 23.2 Å². The van der Waals surface area contributed by atoms with Crippen molar-refractivity contribution in [2.45, 2.75) is 44.6 Å². The van der Waals surface area contributed by atoms with Crippen molar-refractivity contribution in [1.29, 1.82) is 5.26 Å². The Bertz CT molecular complexity index is 1350. The maximum absolute atomic E-state index is 12.8. The number of hydrogen-bond acceptors (Lipinski definition) is 6. The fourth-order valence-corrected chi connectivity index (χ4v) is 4.96. The van der Waals surface area contributed by atoms with Crippen LogP contribution in [0.3, 0.4) is 0 Å². The minimum absolute atomic E-state index is 0.0666. The van der Waals surface area contributed by atoms with Gasteiger partial charge in [-0.2, -0.15) is 5.26 Å². The number of benzene rings is 1. The number of pyridine rings is 2. The fourth-order valence-electron chi connectivity index (χ4n) is 4.81. The highest BCUT2D eigenvalue weighted by Gasteiger charge is 2.28. The van der Waals surface area contributed by atoms with Crippen molar-refractivity contribution < 1.29 is 4.84 Å². The quantitative estimate of drug-likeness (QED) is 0.277. The van der Waals surface area contributed by atoms with Crippen molar-refractivity contribution in [1.82, 2.24) is 9.55 Å². The van der Waals surface area contributed by atoms with Crippen LogP contribution in [0.25, 0.3) is 11.0 Å². The van der Waals surface area contributed by atoms with Gasteiger partial charge in [0.05, 0.1) is 16.9 Å². The SMILES string of the molecule is Cn1c(=O)c(C#N)c(N[C@H]2CC[C@H](/C(=N/OCC3CC3)c3ccccc3)CC2)c2nc(Cl)ccc21. The molecule has 0 radical (unpaired) electrons. The van der Waals surface area contributed by atoms with Gasteiger partial charge in [0, 0.05) is 19.0 Å². The first-order valence-corrected chi connectivity index (χ1v) is 12.5. The second-order valence-electron chi connectivity index (χ2n) is 9.50. The molecule has 7 nitrogen and oxygen atoms in total. The average molecular weight is 490 g/mol. The normalized spacial score (nSPS) is 20.4. The zero-order valence-corrected chi connectivity index (χ0v) is 20.5. The molecule has 0 unspecified atom stereocenters. The molecule has 35 heavy (non-hydrogen) atoms. The Kier molecular flexibility index (Phi) is 6.74. The molecule has 8 heteroatoms. The lowest BCUT2D eigenvalue weighted by Gasteiger charge is -2.31. The summed E-state index contributed by atoms with van der Waals surface area (Å²) in [6, 6.07) is 15.8. The highest BCUT2D eigenvalue weighted by atomic mass is 35.5. The second-order valence-corrected chi connectivity index (χ2v) is 9.89. The third-order valence-electron chi connectivity index (χ3n) is 7.02. The van der Waals surface area contributed by atoms with E-state index in [1.807, 2.05) is 18.2 Å². The predicted octanol–water partition coefficient (Wildman–Crippen LogP) is 5.26. The number of fused-ring (bicyclic) bond motifs is 1. The molecule has 180 valence electrons. The minimum atomic E-state index is -0.341. The van der Waals surface area contributed by atoms with Gasteiger partial charge < -0.3 is 14.7 Å². The summed E-state index contributed by atoms with van der Waals surface area (Å²) in [4.78, 5) is 23.0. The first-order valence-electron chi connectivity index (χ1n) is 12.2. The van der Waals surface area contributed by atoms with E-state index >= 15 is 0 Å². The Morgan fingerprint density at radius 1 is 1.17 bits per heavy atom. The van der Waals surface area contributed by atoms with Gasteiger partial charge in [0.2, 0.25) is 0 Å². The van der Waals surface area contributed by atoms with Gasteiger partial charge in [-0.15, -0.1) is 0 Å². The Labute approximate surface area is 209 Å². The van der Waals surface area contributed by atoms with E-state index in [-0.39, 0.29) is 23.1 Å². The summed E-state index contributed by atoms with van der Waals surface area (Å²) in [5.74, 6) is 0.943. The lowest BCUT2D eigenvalue weighted by Crippen LogP contribution is -2.32. The molecule has 2 aliphatic carbocycles. The lowest BCUT2D eigenvalue weighted by molar-refractivity contribution is 0.132. The third kappa shape index (κ3) is 5.03. The summed E-state index contributed by atoms with van der Waals surface area (Å²) >= 11 is 6.16. The van der Waals surface area contributed by atoms with Crippen molar-refractivity contribution in [2.75, 3.05) is 11.9 Å². The molecule has 1 aromatic carbocycles. The first kappa shape index (κ1) is 23.4. The van der Waals surface area contributed by atoms with Crippen LogP contribution in [-0.4, -0.2) is 27.9 Å². The standard InChI is InChI=1S/C27H28ClN5O2/c1-33-22-13-14-23(28)31-26(22)25(21(15-29)27(33)34)30-20-11-9-19(10-12-20)24(18-5-3-2-4-6-18)32-35-16-17-7-8-17/h2-6,13-14,17,19-20,30H,7-12,16H2,1H3/b32-24+/t19-,20-. The summed E-state index contributed by atoms with van der Waals surface area (Å²) in [6.07, 6.45) is 6.07. The van der Waals surface area contributed by atoms with Crippen LogP contribution in [0.15, 0.2) is 52.4 Å². The molecule has 5 rings (SSSR count). The van der Waals surface area contributed by atoms with Gasteiger partial charge in [-0.1, -0.05) is 47.1 Å². The lowest BCUT2D eigenvalue weighted by atomic mass is 9.81. The van der Waals surface area contributed by atoms with Crippen LogP contribution < -0.4 is 10.9 Å². The molecule has 1 N–H and O–H groups in total. The highest BCUT2D eigenvalue weighted by molar-refractivity contribution is 6.29.